The largest absolute Gasteiger partial charge is 0.492 e. The number of allylic oxidation sites excluding steroid dienone is 1. The summed E-state index contributed by atoms with van der Waals surface area (Å²) in [6.45, 7) is 13.2. The molecule has 11 heteroatoms. The summed E-state index contributed by atoms with van der Waals surface area (Å²) in [5.41, 5.74) is 7.07. The predicted octanol–water partition coefficient (Wildman–Crippen LogP) is 5.20. The fourth-order valence-corrected chi connectivity index (χ4v) is 6.02. The maximum atomic E-state index is 12.4. The number of benzene rings is 1. The Bertz CT molecular complexity index is 1800. The number of carbonyl (C=O) groups is 1. The quantitative estimate of drug-likeness (QED) is 0.260. The van der Waals surface area contributed by atoms with Crippen molar-refractivity contribution in [3.63, 3.8) is 0 Å². The van der Waals surface area contributed by atoms with Gasteiger partial charge in [0.2, 0.25) is 0 Å². The first kappa shape index (κ1) is 31.3. The first-order valence-electron chi connectivity index (χ1n) is 16.0. The Labute approximate surface area is 270 Å². The van der Waals surface area contributed by atoms with Gasteiger partial charge in [0.05, 0.1) is 31.7 Å². The molecule has 1 aromatic carbocycles. The Morgan fingerprint density at radius 1 is 1.11 bits per heavy atom. The number of hydrogen-bond acceptors (Lipinski definition) is 8. The zero-order valence-electron chi connectivity index (χ0n) is 27.6. The highest BCUT2D eigenvalue weighted by atomic mass is 16.6. The molecule has 0 spiro atoms. The summed E-state index contributed by atoms with van der Waals surface area (Å²) >= 11 is 0. The first-order valence-corrected chi connectivity index (χ1v) is 16.0. The Kier molecular flexibility index (Phi) is 8.84. The summed E-state index contributed by atoms with van der Waals surface area (Å²) < 4.78 is 15.7. The van der Waals surface area contributed by atoms with Crippen molar-refractivity contribution < 1.29 is 18.8 Å². The maximum absolute atomic E-state index is 12.4. The van der Waals surface area contributed by atoms with Gasteiger partial charge in [-0.2, -0.15) is 0 Å². The zero-order valence-corrected chi connectivity index (χ0v) is 27.6. The fraction of sp³-hybridized carbons (Fsp3) is 0.457. The number of dihydropyridines is 1. The molecule has 0 saturated carbocycles. The maximum Gasteiger partial charge on any atom is 0.410 e. The molecule has 6 rings (SSSR count). The van der Waals surface area contributed by atoms with Gasteiger partial charge in [-0.05, 0) is 75.6 Å². The van der Waals surface area contributed by atoms with E-state index in [2.05, 4.69) is 63.0 Å². The molecule has 1 saturated heterocycles. The molecule has 1 fully saturated rings. The molecule has 2 aliphatic rings. The van der Waals surface area contributed by atoms with Crippen LogP contribution < -0.4 is 9.30 Å². The number of fused-ring (bicyclic) bond motifs is 1. The molecule has 5 heterocycles. The number of carbonyl (C=O) groups excluding carboxylic acids is 1. The molecule has 3 aromatic heterocycles. The molecule has 4 aromatic rings. The SMILES string of the molecule is Cc1cc(OCC2CCN(C(=O)OC(C)(C)C)CC2)cnc1-c1cccc(Cn2nnc3ncc(C4=CC(C)CN=C4)[n+](C)c32)c1. The van der Waals surface area contributed by atoms with Crippen LogP contribution in [0.2, 0.25) is 0 Å². The normalized spacial score (nSPS) is 17.3. The van der Waals surface area contributed by atoms with Crippen molar-refractivity contribution in [2.75, 3.05) is 26.2 Å². The van der Waals surface area contributed by atoms with Gasteiger partial charge in [0, 0.05) is 42.2 Å². The first-order chi connectivity index (χ1) is 22.0. The highest BCUT2D eigenvalue weighted by Gasteiger charge is 2.27. The number of aryl methyl sites for hydroxylation is 2. The van der Waals surface area contributed by atoms with Crippen LogP contribution in [0, 0.1) is 18.8 Å². The molecule has 240 valence electrons. The highest BCUT2D eigenvalue weighted by Crippen LogP contribution is 2.27. The minimum absolute atomic E-state index is 0.237. The third-order valence-electron chi connectivity index (χ3n) is 8.40. The molecular weight excluding hydrogens is 580 g/mol. The number of pyridine rings is 1. The van der Waals surface area contributed by atoms with E-state index < -0.39 is 5.60 Å². The second-order valence-corrected chi connectivity index (χ2v) is 13.4. The van der Waals surface area contributed by atoms with Crippen LogP contribution in [0.15, 0.2) is 53.8 Å². The lowest BCUT2D eigenvalue weighted by molar-refractivity contribution is -0.650. The number of amides is 1. The van der Waals surface area contributed by atoms with Crippen LogP contribution in [0.25, 0.3) is 28.1 Å². The number of nitrogens with zero attached hydrogens (tertiary/aromatic N) is 8. The molecular formula is C35H43N8O3+. The van der Waals surface area contributed by atoms with Crippen molar-refractivity contribution >= 4 is 29.2 Å². The summed E-state index contributed by atoms with van der Waals surface area (Å²) in [4.78, 5) is 28.1. The summed E-state index contributed by atoms with van der Waals surface area (Å²) in [5, 5.41) is 8.78. The minimum Gasteiger partial charge on any atom is -0.492 e. The molecule has 46 heavy (non-hydrogen) atoms. The predicted molar refractivity (Wildman–Crippen MR) is 177 cm³/mol. The minimum atomic E-state index is -0.482. The fourth-order valence-electron chi connectivity index (χ4n) is 6.02. The zero-order chi connectivity index (χ0) is 32.4. The standard InChI is InChI=1S/C35H43N8O3/c1-23-14-28(18-36-17-23)30-20-38-32-33(41(30)6)43(40-39-32)21-26-8-7-9-27(16-26)31-24(2)15-29(19-37-31)45-22-25-10-12-42(13-11-25)34(44)46-35(3,4)5/h7-9,14-16,18-20,23,25H,10-13,17,21-22H2,1-6H3/q+1. The van der Waals surface area contributed by atoms with Crippen molar-refractivity contribution in [1.82, 2.24) is 29.9 Å². The lowest BCUT2D eigenvalue weighted by Crippen LogP contribution is -2.42. The van der Waals surface area contributed by atoms with Gasteiger partial charge < -0.3 is 14.4 Å². The van der Waals surface area contributed by atoms with Gasteiger partial charge in [0.15, 0.2) is 5.69 Å². The smallest absolute Gasteiger partial charge is 0.410 e. The van der Waals surface area contributed by atoms with Gasteiger partial charge in [0.1, 0.15) is 17.9 Å². The van der Waals surface area contributed by atoms with Gasteiger partial charge >= 0.3 is 11.7 Å². The van der Waals surface area contributed by atoms with Crippen molar-refractivity contribution in [3.05, 3.63) is 65.6 Å². The third-order valence-corrected chi connectivity index (χ3v) is 8.40. The topological polar surface area (TPSA) is 111 Å². The number of aliphatic imine (C=N–C) groups is 1. The average Bonchev–Trinajstić information content (AvgIpc) is 3.43. The van der Waals surface area contributed by atoms with E-state index in [1.54, 1.807) is 11.1 Å². The molecule has 0 radical (unpaired) electrons. The van der Waals surface area contributed by atoms with Crippen molar-refractivity contribution in [1.29, 1.82) is 0 Å². The summed E-state index contributed by atoms with van der Waals surface area (Å²) in [6.07, 6.45) is 9.33. The van der Waals surface area contributed by atoms with Gasteiger partial charge in [-0.3, -0.25) is 9.98 Å². The molecule has 11 nitrogen and oxygen atoms in total. The van der Waals surface area contributed by atoms with Gasteiger partial charge in [-0.15, -0.1) is 4.68 Å². The molecule has 1 amide bonds. The van der Waals surface area contributed by atoms with Crippen LogP contribution in [0.3, 0.4) is 0 Å². The van der Waals surface area contributed by atoms with E-state index in [0.29, 0.717) is 43.7 Å². The number of aromatic nitrogens is 6. The van der Waals surface area contributed by atoms with E-state index in [9.17, 15) is 4.79 Å². The second-order valence-electron chi connectivity index (χ2n) is 13.4. The summed E-state index contributed by atoms with van der Waals surface area (Å²) in [6, 6.07) is 10.4. The van der Waals surface area contributed by atoms with E-state index in [1.807, 2.05) is 57.0 Å². The van der Waals surface area contributed by atoms with Crippen LogP contribution in [-0.2, 0) is 18.3 Å². The lowest BCUT2D eigenvalue weighted by atomic mass is 9.98. The van der Waals surface area contributed by atoms with Gasteiger partial charge in [0.25, 0.3) is 5.65 Å². The number of ether oxygens (including phenoxy) is 2. The van der Waals surface area contributed by atoms with E-state index in [1.165, 1.54) is 0 Å². The lowest BCUT2D eigenvalue weighted by Gasteiger charge is -2.33. The van der Waals surface area contributed by atoms with Crippen LogP contribution in [-0.4, -0.2) is 74.0 Å². The molecule has 0 N–H and O–H groups in total. The Morgan fingerprint density at radius 2 is 1.91 bits per heavy atom. The van der Waals surface area contributed by atoms with Crippen molar-refractivity contribution in [2.45, 2.75) is 59.6 Å². The Hall–Kier alpha value is -4.67. The van der Waals surface area contributed by atoms with Crippen LogP contribution in [0.1, 0.15) is 57.4 Å². The van der Waals surface area contributed by atoms with Crippen LogP contribution >= 0.6 is 0 Å². The summed E-state index contributed by atoms with van der Waals surface area (Å²) in [5.74, 6) is 1.52. The number of rotatable bonds is 7. The molecule has 0 bridgehead atoms. The van der Waals surface area contributed by atoms with Crippen LogP contribution in [0.4, 0.5) is 4.79 Å². The van der Waals surface area contributed by atoms with Crippen molar-refractivity contribution in [3.8, 4) is 17.0 Å². The van der Waals surface area contributed by atoms with E-state index in [-0.39, 0.29) is 6.09 Å². The average molecular weight is 624 g/mol. The van der Waals surface area contributed by atoms with E-state index in [0.717, 1.165) is 64.4 Å². The van der Waals surface area contributed by atoms with Crippen molar-refractivity contribution in [2.24, 2.45) is 23.9 Å². The molecule has 1 atom stereocenters. The molecule has 1 unspecified atom stereocenters. The Balaban J connectivity index is 1.11. The number of likely N-dealkylation sites (tertiary alicyclic amines) is 1. The second kappa shape index (κ2) is 13.0. The van der Waals surface area contributed by atoms with E-state index >= 15 is 0 Å². The molecule has 0 aliphatic carbocycles. The molecule has 2 aliphatic heterocycles. The van der Waals surface area contributed by atoms with Crippen LogP contribution in [0.5, 0.6) is 5.75 Å². The van der Waals surface area contributed by atoms with Gasteiger partial charge in [-0.25, -0.2) is 14.3 Å². The number of piperidine rings is 1. The highest BCUT2D eigenvalue weighted by molar-refractivity contribution is 6.09. The summed E-state index contributed by atoms with van der Waals surface area (Å²) in [7, 11) is 2.02. The number of hydrogen-bond donors (Lipinski definition) is 0. The van der Waals surface area contributed by atoms with Gasteiger partial charge in [-0.1, -0.05) is 36.3 Å². The third kappa shape index (κ3) is 7.08. The van der Waals surface area contributed by atoms with E-state index in [4.69, 9.17) is 14.5 Å². The monoisotopic (exact) mass is 623 g/mol. The Morgan fingerprint density at radius 3 is 2.65 bits per heavy atom.